The van der Waals surface area contributed by atoms with Gasteiger partial charge in [0, 0.05) is 43.2 Å². The molecule has 2 spiro atoms. The number of hydrogen-bond donors (Lipinski definition) is 0. The van der Waals surface area contributed by atoms with Crippen LogP contribution in [0.2, 0.25) is 0 Å². The first-order chi connectivity index (χ1) is 12.3. The Morgan fingerprint density at radius 1 is 0.741 bits per heavy atom. The monoisotopic (exact) mass is 413 g/mol. The van der Waals surface area contributed by atoms with Gasteiger partial charge in [-0.1, -0.05) is 13.5 Å². The van der Waals surface area contributed by atoms with Crippen molar-refractivity contribution in [3.63, 3.8) is 0 Å². The SMILES string of the molecule is C.C1COC2(CC[C@@H]3[C@H](C4CC4)[C@@H]32)O1.C=C[C@H]1[C@H]2CCC3(OCCO3)[C@@H]12.[V]. The van der Waals surface area contributed by atoms with Gasteiger partial charge in [-0.3, -0.25) is 0 Å². The maximum Gasteiger partial charge on any atom is 0.172 e. The van der Waals surface area contributed by atoms with Gasteiger partial charge in [0.15, 0.2) is 11.6 Å². The van der Waals surface area contributed by atoms with Gasteiger partial charge in [0.25, 0.3) is 0 Å². The normalized spacial score (nSPS) is 45.9. The molecule has 1 radical (unpaired) electrons. The van der Waals surface area contributed by atoms with Crippen molar-refractivity contribution in [1.82, 2.24) is 0 Å². The molecule has 0 amide bonds. The Bertz CT molecular complexity index is 554. The zero-order chi connectivity index (χ0) is 16.6. The van der Waals surface area contributed by atoms with Crippen molar-refractivity contribution in [2.24, 2.45) is 41.4 Å². The van der Waals surface area contributed by atoms with Crippen molar-refractivity contribution in [3.8, 4) is 0 Å². The molecular formula is C22H34O4V. The summed E-state index contributed by atoms with van der Waals surface area (Å²) in [6, 6.07) is 0. The molecule has 6 atom stereocenters. The third kappa shape index (κ3) is 3.02. The van der Waals surface area contributed by atoms with E-state index in [9.17, 15) is 0 Å². The molecule has 0 bridgehead atoms. The molecule has 0 aromatic heterocycles. The Hall–Kier alpha value is 0.164. The second-order valence-corrected chi connectivity index (χ2v) is 9.20. The molecule has 4 nitrogen and oxygen atoms in total. The molecule has 7 fully saturated rings. The predicted molar refractivity (Wildman–Crippen MR) is 98.3 cm³/mol. The summed E-state index contributed by atoms with van der Waals surface area (Å²) in [4.78, 5) is 0. The van der Waals surface area contributed by atoms with E-state index >= 15 is 0 Å². The van der Waals surface area contributed by atoms with Crippen LogP contribution in [0.4, 0.5) is 0 Å². The van der Waals surface area contributed by atoms with Gasteiger partial charge in [0.1, 0.15) is 0 Å². The minimum atomic E-state index is -0.177. The number of allylic oxidation sites excluding steroid dienone is 1. The fourth-order valence-corrected chi connectivity index (χ4v) is 6.91. The average molecular weight is 413 g/mol. The molecule has 5 aliphatic carbocycles. The first kappa shape index (κ1) is 20.4. The van der Waals surface area contributed by atoms with E-state index in [1.54, 1.807) is 0 Å². The second kappa shape index (κ2) is 7.14. The Labute approximate surface area is 175 Å². The van der Waals surface area contributed by atoms with Gasteiger partial charge in [-0.15, -0.1) is 6.58 Å². The summed E-state index contributed by atoms with van der Waals surface area (Å²) in [5, 5.41) is 0. The summed E-state index contributed by atoms with van der Waals surface area (Å²) in [7, 11) is 0. The van der Waals surface area contributed by atoms with Crippen LogP contribution in [0.15, 0.2) is 12.7 Å². The van der Waals surface area contributed by atoms with E-state index < -0.39 is 0 Å². The van der Waals surface area contributed by atoms with E-state index in [1.165, 1.54) is 32.1 Å². The van der Waals surface area contributed by atoms with Crippen molar-refractivity contribution in [3.05, 3.63) is 12.7 Å². The first-order valence-electron chi connectivity index (χ1n) is 10.5. The molecule has 7 rings (SSSR count). The van der Waals surface area contributed by atoms with Crippen LogP contribution >= 0.6 is 0 Å². The average Bonchev–Trinajstić information content (AvgIpc) is 3.58. The smallest absolute Gasteiger partial charge is 0.172 e. The largest absolute Gasteiger partial charge is 0.347 e. The topological polar surface area (TPSA) is 36.9 Å². The zero-order valence-electron chi connectivity index (χ0n) is 15.5. The maximum atomic E-state index is 5.84. The van der Waals surface area contributed by atoms with Crippen LogP contribution < -0.4 is 0 Å². The third-order valence-electron chi connectivity index (χ3n) is 8.12. The fraction of sp³-hybridized carbons (Fsp3) is 0.909. The van der Waals surface area contributed by atoms with Gasteiger partial charge in [-0.25, -0.2) is 0 Å². The molecule has 0 unspecified atom stereocenters. The summed E-state index contributed by atoms with van der Waals surface area (Å²) in [6.07, 6.45) is 9.94. The Morgan fingerprint density at radius 2 is 1.26 bits per heavy atom. The molecule has 0 N–H and O–H groups in total. The Balaban J connectivity index is 0.000000125. The van der Waals surface area contributed by atoms with Crippen molar-refractivity contribution in [2.75, 3.05) is 26.4 Å². The van der Waals surface area contributed by atoms with E-state index in [1.807, 2.05) is 0 Å². The Morgan fingerprint density at radius 3 is 1.74 bits per heavy atom. The first-order valence-corrected chi connectivity index (χ1v) is 10.5. The van der Waals surface area contributed by atoms with E-state index in [2.05, 4.69) is 12.7 Å². The van der Waals surface area contributed by atoms with E-state index in [-0.39, 0.29) is 37.6 Å². The molecule has 7 aliphatic rings. The predicted octanol–water partition coefficient (Wildman–Crippen LogP) is 4.00. The Kier molecular flexibility index (Phi) is 5.41. The number of hydrogen-bond acceptors (Lipinski definition) is 4. The third-order valence-corrected chi connectivity index (χ3v) is 8.12. The molecular weight excluding hydrogens is 379 g/mol. The summed E-state index contributed by atoms with van der Waals surface area (Å²) < 4.78 is 23.1. The second-order valence-electron chi connectivity index (χ2n) is 9.20. The molecule has 2 saturated heterocycles. The van der Waals surface area contributed by atoms with Gasteiger partial charge < -0.3 is 18.9 Å². The number of rotatable bonds is 2. The van der Waals surface area contributed by atoms with Crippen LogP contribution in [-0.2, 0) is 37.5 Å². The molecule has 151 valence electrons. The summed E-state index contributed by atoms with van der Waals surface area (Å²) >= 11 is 0. The molecule has 0 aromatic carbocycles. The zero-order valence-corrected chi connectivity index (χ0v) is 16.9. The number of fused-ring (bicyclic) bond motifs is 4. The van der Waals surface area contributed by atoms with Crippen LogP contribution in [0.1, 0.15) is 46.0 Å². The standard InChI is InChI=1S/C11H16O2.C10H14O2.CH4.V/c1-2-7(1)9-8-3-4-11(10(8)9)12-5-6-13-11;1-2-7-8-3-4-10(9(7)8)11-5-6-12-10;;/h7-10H,1-6H2;2,7-9H,1,3-6H2;1H4;/t8-,9+,10-;7-,8+,9-;;/m10../s1. The van der Waals surface area contributed by atoms with E-state index in [0.29, 0.717) is 11.8 Å². The summed E-state index contributed by atoms with van der Waals surface area (Å²) in [5.74, 6) is 5.69. The van der Waals surface area contributed by atoms with Gasteiger partial charge in [-0.2, -0.15) is 0 Å². The van der Waals surface area contributed by atoms with E-state index in [4.69, 9.17) is 18.9 Å². The van der Waals surface area contributed by atoms with Gasteiger partial charge in [0.05, 0.1) is 26.4 Å². The summed E-state index contributed by atoms with van der Waals surface area (Å²) in [6.45, 7) is 7.09. The molecule has 2 heterocycles. The van der Waals surface area contributed by atoms with Gasteiger partial charge in [-0.05, 0) is 55.3 Å². The van der Waals surface area contributed by atoms with Crippen molar-refractivity contribution < 1.29 is 37.5 Å². The van der Waals surface area contributed by atoms with Gasteiger partial charge in [0.2, 0.25) is 0 Å². The van der Waals surface area contributed by atoms with Crippen LogP contribution in [0.5, 0.6) is 0 Å². The van der Waals surface area contributed by atoms with E-state index in [0.717, 1.165) is 62.4 Å². The van der Waals surface area contributed by atoms with Crippen LogP contribution in [0, 0.1) is 41.4 Å². The van der Waals surface area contributed by atoms with Crippen LogP contribution in [0.3, 0.4) is 0 Å². The number of ether oxygens (including phenoxy) is 4. The van der Waals surface area contributed by atoms with Crippen molar-refractivity contribution in [2.45, 2.75) is 57.5 Å². The van der Waals surface area contributed by atoms with Gasteiger partial charge >= 0.3 is 0 Å². The van der Waals surface area contributed by atoms with Crippen molar-refractivity contribution >= 4 is 0 Å². The quantitative estimate of drug-likeness (QED) is 0.642. The molecule has 5 saturated carbocycles. The molecule has 5 heteroatoms. The minimum Gasteiger partial charge on any atom is -0.347 e. The maximum absolute atomic E-state index is 5.84. The van der Waals surface area contributed by atoms with Crippen molar-refractivity contribution in [1.29, 1.82) is 0 Å². The molecule has 0 aromatic rings. The minimum absolute atomic E-state index is 0. The van der Waals surface area contributed by atoms with Crippen LogP contribution in [0.25, 0.3) is 0 Å². The van der Waals surface area contributed by atoms with Crippen LogP contribution in [-0.4, -0.2) is 38.0 Å². The molecule has 27 heavy (non-hydrogen) atoms. The molecule has 2 aliphatic heterocycles. The summed E-state index contributed by atoms with van der Waals surface area (Å²) in [5.41, 5.74) is 0. The fourth-order valence-electron chi connectivity index (χ4n) is 6.91.